The van der Waals surface area contributed by atoms with Crippen molar-refractivity contribution in [3.63, 3.8) is 0 Å². The summed E-state index contributed by atoms with van der Waals surface area (Å²) in [5, 5.41) is 1.15. The molecule has 5 nitrogen and oxygen atoms in total. The minimum absolute atomic E-state index is 0.153. The van der Waals surface area contributed by atoms with E-state index in [1.54, 1.807) is 0 Å². The molecular formula is C17H22ClN3O2S. The van der Waals surface area contributed by atoms with Crippen molar-refractivity contribution in [2.45, 2.75) is 46.6 Å². The van der Waals surface area contributed by atoms with E-state index in [-0.39, 0.29) is 17.4 Å². The van der Waals surface area contributed by atoms with Crippen LogP contribution in [0, 0.1) is 12.8 Å². The number of esters is 1. The number of hydrogen-bond acceptors (Lipinski definition) is 6. The van der Waals surface area contributed by atoms with Crippen LogP contribution in [-0.4, -0.2) is 35.1 Å². The highest BCUT2D eigenvalue weighted by atomic mass is 35.5. The molecule has 0 radical (unpaired) electrons. The molecule has 0 saturated carbocycles. The molecular weight excluding hydrogens is 346 g/mol. The molecule has 130 valence electrons. The molecule has 2 aromatic heterocycles. The van der Waals surface area contributed by atoms with Gasteiger partial charge in [-0.15, -0.1) is 11.3 Å². The van der Waals surface area contributed by atoms with Gasteiger partial charge in [-0.1, -0.05) is 6.92 Å². The Bertz CT molecular complexity index is 767. The van der Waals surface area contributed by atoms with Crippen molar-refractivity contribution in [1.29, 1.82) is 0 Å². The number of aryl methyl sites for hydroxylation is 1. The van der Waals surface area contributed by atoms with Crippen LogP contribution in [0.2, 0.25) is 5.28 Å². The molecule has 1 saturated heterocycles. The fourth-order valence-electron chi connectivity index (χ4n) is 3.00. The van der Waals surface area contributed by atoms with E-state index in [9.17, 15) is 4.79 Å². The monoisotopic (exact) mass is 367 g/mol. The Labute approximate surface area is 151 Å². The van der Waals surface area contributed by atoms with Gasteiger partial charge < -0.3 is 9.64 Å². The molecule has 0 unspecified atom stereocenters. The van der Waals surface area contributed by atoms with Crippen molar-refractivity contribution >= 4 is 44.9 Å². The minimum atomic E-state index is -0.306. The van der Waals surface area contributed by atoms with E-state index in [4.69, 9.17) is 16.3 Å². The first-order valence-electron chi connectivity index (χ1n) is 8.29. The number of anilines is 1. The largest absolute Gasteiger partial charge is 0.459 e. The maximum Gasteiger partial charge on any atom is 0.348 e. The summed E-state index contributed by atoms with van der Waals surface area (Å²) in [5.74, 6) is 1.27. The summed E-state index contributed by atoms with van der Waals surface area (Å²) in [6.07, 6.45) is 2.11. The van der Waals surface area contributed by atoms with Crippen LogP contribution in [0.1, 0.15) is 48.8 Å². The number of rotatable bonds is 3. The summed E-state index contributed by atoms with van der Waals surface area (Å²) in [6.45, 7) is 9.79. The second kappa shape index (κ2) is 6.84. The van der Waals surface area contributed by atoms with Crippen molar-refractivity contribution in [1.82, 2.24) is 9.97 Å². The topological polar surface area (TPSA) is 55.3 Å². The number of thiophene rings is 1. The smallest absolute Gasteiger partial charge is 0.348 e. The van der Waals surface area contributed by atoms with Crippen molar-refractivity contribution in [3.8, 4) is 0 Å². The molecule has 0 spiro atoms. The summed E-state index contributed by atoms with van der Waals surface area (Å²) in [4.78, 5) is 24.8. The SMILES string of the molecule is Cc1c(C(=O)OC(C)C)sc2nc(Cl)nc(N3CCC(C)CC3)c12. The van der Waals surface area contributed by atoms with Gasteiger partial charge in [0, 0.05) is 13.1 Å². The Morgan fingerprint density at radius 3 is 2.62 bits per heavy atom. The second-order valence-electron chi connectivity index (χ2n) is 6.68. The molecule has 3 heterocycles. The zero-order chi connectivity index (χ0) is 17.4. The second-order valence-corrected chi connectivity index (χ2v) is 8.01. The number of ether oxygens (including phenoxy) is 1. The zero-order valence-electron chi connectivity index (χ0n) is 14.4. The van der Waals surface area contributed by atoms with E-state index >= 15 is 0 Å². The highest BCUT2D eigenvalue weighted by molar-refractivity contribution is 7.20. The molecule has 1 aliphatic heterocycles. The van der Waals surface area contributed by atoms with Gasteiger partial charge in [-0.3, -0.25) is 0 Å². The standard InChI is InChI=1S/C17H22ClN3O2S/c1-9(2)23-16(22)13-11(4)12-14(19-17(18)20-15(12)24-13)21-7-5-10(3)6-8-21/h9-10H,5-8H2,1-4H3. The zero-order valence-corrected chi connectivity index (χ0v) is 16.0. The molecule has 1 fully saturated rings. The summed E-state index contributed by atoms with van der Waals surface area (Å²) < 4.78 is 5.35. The first-order valence-corrected chi connectivity index (χ1v) is 9.48. The fourth-order valence-corrected chi connectivity index (χ4v) is 4.28. The number of carbonyl (C=O) groups is 1. The molecule has 0 amide bonds. The number of fused-ring (bicyclic) bond motifs is 1. The number of carbonyl (C=O) groups excluding carboxylic acids is 1. The predicted molar refractivity (Wildman–Crippen MR) is 98.3 cm³/mol. The lowest BCUT2D eigenvalue weighted by Crippen LogP contribution is -2.33. The van der Waals surface area contributed by atoms with Crippen molar-refractivity contribution in [3.05, 3.63) is 15.7 Å². The Morgan fingerprint density at radius 1 is 1.33 bits per heavy atom. The number of halogens is 1. The molecule has 0 aromatic carbocycles. The maximum atomic E-state index is 12.4. The van der Waals surface area contributed by atoms with Gasteiger partial charge in [0.2, 0.25) is 5.28 Å². The number of hydrogen-bond donors (Lipinski definition) is 0. The molecule has 3 rings (SSSR count). The lowest BCUT2D eigenvalue weighted by Gasteiger charge is -2.31. The molecule has 0 N–H and O–H groups in total. The number of aromatic nitrogens is 2. The van der Waals surface area contributed by atoms with E-state index in [0.717, 1.165) is 53.4 Å². The number of nitrogens with zero attached hydrogens (tertiary/aromatic N) is 3. The van der Waals surface area contributed by atoms with Gasteiger partial charge in [0.1, 0.15) is 15.5 Å². The molecule has 0 bridgehead atoms. The Balaban J connectivity index is 2.06. The van der Waals surface area contributed by atoms with Crippen molar-refractivity contribution < 1.29 is 9.53 Å². The predicted octanol–water partition coefficient (Wildman–Crippen LogP) is 4.45. The lowest BCUT2D eigenvalue weighted by molar-refractivity contribution is 0.0383. The van der Waals surface area contributed by atoms with Gasteiger partial charge in [-0.05, 0) is 56.7 Å². The summed E-state index contributed by atoms with van der Waals surface area (Å²) in [6, 6.07) is 0. The fraction of sp³-hybridized carbons (Fsp3) is 0.588. The van der Waals surface area contributed by atoms with Gasteiger partial charge in [0.25, 0.3) is 0 Å². The molecule has 7 heteroatoms. The van der Waals surface area contributed by atoms with Gasteiger partial charge in [0.15, 0.2) is 0 Å². The van der Waals surface area contributed by atoms with E-state index in [2.05, 4.69) is 21.8 Å². The van der Waals surface area contributed by atoms with Gasteiger partial charge in [0.05, 0.1) is 11.5 Å². The van der Waals surface area contributed by atoms with Gasteiger partial charge in [-0.2, -0.15) is 4.98 Å². The van der Waals surface area contributed by atoms with Crippen LogP contribution in [0.15, 0.2) is 0 Å². The average Bonchev–Trinajstić information content (AvgIpc) is 2.83. The summed E-state index contributed by atoms with van der Waals surface area (Å²) >= 11 is 7.47. The molecule has 2 aromatic rings. The van der Waals surface area contributed by atoms with Crippen LogP contribution in [-0.2, 0) is 4.74 Å². The van der Waals surface area contributed by atoms with Crippen LogP contribution in [0.4, 0.5) is 5.82 Å². The molecule has 1 aliphatic rings. The average molecular weight is 368 g/mol. The maximum absolute atomic E-state index is 12.4. The van der Waals surface area contributed by atoms with Crippen LogP contribution in [0.25, 0.3) is 10.2 Å². The van der Waals surface area contributed by atoms with Crippen molar-refractivity contribution in [2.24, 2.45) is 5.92 Å². The molecule has 0 atom stereocenters. The van der Waals surface area contributed by atoms with Crippen molar-refractivity contribution in [2.75, 3.05) is 18.0 Å². The highest BCUT2D eigenvalue weighted by Gasteiger charge is 2.26. The first-order chi connectivity index (χ1) is 11.4. The number of piperidine rings is 1. The van der Waals surface area contributed by atoms with Crippen LogP contribution in [0.3, 0.4) is 0 Å². The third-order valence-electron chi connectivity index (χ3n) is 4.36. The highest BCUT2D eigenvalue weighted by Crippen LogP contribution is 2.37. The lowest BCUT2D eigenvalue weighted by atomic mass is 9.99. The Morgan fingerprint density at radius 2 is 2.00 bits per heavy atom. The molecule has 0 aliphatic carbocycles. The van der Waals surface area contributed by atoms with E-state index < -0.39 is 0 Å². The third kappa shape index (κ3) is 3.35. The van der Waals surface area contributed by atoms with Crippen LogP contribution >= 0.6 is 22.9 Å². The van der Waals surface area contributed by atoms with E-state index in [1.165, 1.54) is 11.3 Å². The van der Waals surface area contributed by atoms with Gasteiger partial charge >= 0.3 is 5.97 Å². The quantitative estimate of drug-likeness (QED) is 0.592. The minimum Gasteiger partial charge on any atom is -0.459 e. The third-order valence-corrected chi connectivity index (χ3v) is 5.69. The van der Waals surface area contributed by atoms with Crippen LogP contribution in [0.5, 0.6) is 0 Å². The summed E-state index contributed by atoms with van der Waals surface area (Å²) in [5.41, 5.74) is 0.880. The first kappa shape index (κ1) is 17.4. The van der Waals surface area contributed by atoms with E-state index in [0.29, 0.717) is 4.88 Å². The summed E-state index contributed by atoms with van der Waals surface area (Å²) in [7, 11) is 0. The van der Waals surface area contributed by atoms with Gasteiger partial charge in [-0.25, -0.2) is 9.78 Å². The molecule has 24 heavy (non-hydrogen) atoms. The van der Waals surface area contributed by atoms with E-state index in [1.807, 2.05) is 20.8 Å². The normalized spacial score (nSPS) is 16.2. The Kier molecular flexibility index (Phi) is 4.97. The van der Waals surface area contributed by atoms with Crippen LogP contribution < -0.4 is 4.90 Å². The Hall–Kier alpha value is -1.40.